The number of hydrogen-bond acceptors (Lipinski definition) is 3. The van der Waals surface area contributed by atoms with Crippen molar-refractivity contribution in [2.45, 2.75) is 12.5 Å². The molecule has 0 aromatic heterocycles. The Morgan fingerprint density at radius 3 is 2.71 bits per heavy atom. The summed E-state index contributed by atoms with van der Waals surface area (Å²) in [7, 11) is 0. The third-order valence-electron chi connectivity index (χ3n) is 0.908. The molecule has 2 nitrogen and oxygen atoms in total. The van der Waals surface area contributed by atoms with Crippen LogP contribution in [0.15, 0.2) is 0 Å². The molecule has 0 aromatic rings. The molecule has 0 aromatic carbocycles. The molecule has 0 radical (unpaired) electrons. The highest BCUT2D eigenvalue weighted by Crippen LogP contribution is 2.18. The lowest BCUT2D eigenvalue weighted by molar-refractivity contribution is -0.117. The van der Waals surface area contributed by atoms with E-state index in [9.17, 15) is 4.79 Å². The number of carbonyl (C=O) groups is 1. The lowest BCUT2D eigenvalue weighted by Crippen LogP contribution is -2.08. The second-order valence-corrected chi connectivity index (χ2v) is 2.57. The van der Waals surface area contributed by atoms with Crippen molar-refractivity contribution in [2.75, 3.05) is 5.75 Å². The molecule has 1 atom stereocenters. The fraction of sp³-hybridized carbons (Fsp3) is 0.750. The average molecular weight is 118 g/mol. The number of thioether (sulfide) groups is 1. The van der Waals surface area contributed by atoms with E-state index in [0.717, 1.165) is 5.75 Å². The van der Waals surface area contributed by atoms with Crippen molar-refractivity contribution in [1.29, 1.82) is 0 Å². The van der Waals surface area contributed by atoms with E-state index in [-0.39, 0.29) is 5.12 Å². The first kappa shape index (κ1) is 5.12. The van der Waals surface area contributed by atoms with Crippen molar-refractivity contribution in [3.8, 4) is 0 Å². The average Bonchev–Trinajstić information content (AvgIpc) is 1.91. The molecule has 40 valence electrons. The summed E-state index contributed by atoms with van der Waals surface area (Å²) >= 11 is 1.22. The smallest absolute Gasteiger partial charge is 0.217 e. The molecule has 1 heterocycles. The summed E-state index contributed by atoms with van der Waals surface area (Å²) in [6.45, 7) is 0. The lowest BCUT2D eigenvalue weighted by atomic mass is 10.3. The summed E-state index contributed by atoms with van der Waals surface area (Å²) < 4.78 is 0. The van der Waals surface area contributed by atoms with Gasteiger partial charge in [-0.3, -0.25) is 4.79 Å². The zero-order chi connectivity index (χ0) is 5.28. The number of carbonyl (C=O) groups excluding carboxylic acids is 1. The molecule has 0 spiro atoms. The van der Waals surface area contributed by atoms with Crippen LogP contribution in [-0.4, -0.2) is 22.1 Å². The normalized spacial score (nSPS) is 31.6. The summed E-state index contributed by atoms with van der Waals surface area (Å²) in [6, 6.07) is 0. The topological polar surface area (TPSA) is 37.3 Å². The summed E-state index contributed by atoms with van der Waals surface area (Å²) in [5.41, 5.74) is 0. The van der Waals surface area contributed by atoms with Crippen LogP contribution in [-0.2, 0) is 4.79 Å². The predicted molar refractivity (Wildman–Crippen MR) is 28.1 cm³/mol. The SMILES string of the molecule is O=C1SCCC1O. The van der Waals surface area contributed by atoms with Crippen molar-refractivity contribution < 1.29 is 9.90 Å². The summed E-state index contributed by atoms with van der Waals surface area (Å²) in [5, 5.41) is 8.56. The van der Waals surface area contributed by atoms with Crippen molar-refractivity contribution in [3.05, 3.63) is 0 Å². The van der Waals surface area contributed by atoms with Gasteiger partial charge in [-0.15, -0.1) is 0 Å². The zero-order valence-electron chi connectivity index (χ0n) is 3.76. The van der Waals surface area contributed by atoms with Crippen LogP contribution in [0.25, 0.3) is 0 Å². The maximum absolute atomic E-state index is 10.3. The molecule has 3 heteroatoms. The summed E-state index contributed by atoms with van der Waals surface area (Å²) in [6.07, 6.45) is -0.0197. The molecular formula is C4H6O2S. The molecule has 1 unspecified atom stereocenters. The Morgan fingerprint density at radius 1 is 1.86 bits per heavy atom. The first-order valence-corrected chi connectivity index (χ1v) is 3.14. The maximum Gasteiger partial charge on any atom is 0.217 e. The van der Waals surface area contributed by atoms with Gasteiger partial charge in [0.1, 0.15) is 6.10 Å². The van der Waals surface area contributed by atoms with Gasteiger partial charge in [0, 0.05) is 5.75 Å². The Balaban J connectivity index is 2.48. The second kappa shape index (κ2) is 1.84. The number of aliphatic hydroxyl groups excluding tert-OH is 1. The van der Waals surface area contributed by atoms with Gasteiger partial charge in [0.25, 0.3) is 0 Å². The third-order valence-corrected chi connectivity index (χ3v) is 1.90. The quantitative estimate of drug-likeness (QED) is 0.487. The van der Waals surface area contributed by atoms with Crippen LogP contribution < -0.4 is 0 Å². The van der Waals surface area contributed by atoms with E-state index in [4.69, 9.17) is 5.11 Å². The van der Waals surface area contributed by atoms with Crippen LogP contribution in [0.2, 0.25) is 0 Å². The highest BCUT2D eigenvalue weighted by molar-refractivity contribution is 8.14. The van der Waals surface area contributed by atoms with Crippen LogP contribution in [0.1, 0.15) is 6.42 Å². The van der Waals surface area contributed by atoms with E-state index in [2.05, 4.69) is 0 Å². The third kappa shape index (κ3) is 0.951. The van der Waals surface area contributed by atoms with Crippen molar-refractivity contribution >= 4 is 16.9 Å². The van der Waals surface area contributed by atoms with Gasteiger partial charge >= 0.3 is 0 Å². The molecule has 0 bridgehead atoms. The highest BCUT2D eigenvalue weighted by atomic mass is 32.2. The Hall–Kier alpha value is -0.0200. The molecule has 1 saturated heterocycles. The number of aliphatic hydroxyl groups is 1. The molecular weight excluding hydrogens is 112 g/mol. The maximum atomic E-state index is 10.3. The van der Waals surface area contributed by atoms with Gasteiger partial charge in [-0.2, -0.15) is 0 Å². The van der Waals surface area contributed by atoms with Crippen LogP contribution in [0, 0.1) is 0 Å². The van der Waals surface area contributed by atoms with Gasteiger partial charge in [-0.1, -0.05) is 11.8 Å². The molecule has 0 amide bonds. The number of rotatable bonds is 0. The zero-order valence-corrected chi connectivity index (χ0v) is 4.57. The highest BCUT2D eigenvalue weighted by Gasteiger charge is 2.21. The molecule has 1 rings (SSSR count). The first-order valence-electron chi connectivity index (χ1n) is 2.15. The molecule has 1 aliphatic heterocycles. The minimum Gasteiger partial charge on any atom is -0.384 e. The Kier molecular flexibility index (Phi) is 1.35. The van der Waals surface area contributed by atoms with Crippen LogP contribution in [0.4, 0.5) is 0 Å². The van der Waals surface area contributed by atoms with E-state index >= 15 is 0 Å². The van der Waals surface area contributed by atoms with Gasteiger partial charge < -0.3 is 5.11 Å². The van der Waals surface area contributed by atoms with Gasteiger partial charge in [0.2, 0.25) is 5.12 Å². The van der Waals surface area contributed by atoms with Crippen LogP contribution in [0.5, 0.6) is 0 Å². The van der Waals surface area contributed by atoms with E-state index in [0.29, 0.717) is 6.42 Å². The fourth-order valence-electron chi connectivity index (χ4n) is 0.485. The minimum atomic E-state index is -0.662. The minimum absolute atomic E-state index is 0.0694. The molecule has 0 aliphatic carbocycles. The van der Waals surface area contributed by atoms with E-state index in [1.165, 1.54) is 11.8 Å². The molecule has 1 N–H and O–H groups in total. The first-order chi connectivity index (χ1) is 3.30. The van der Waals surface area contributed by atoms with Gasteiger partial charge in [0.15, 0.2) is 0 Å². The van der Waals surface area contributed by atoms with E-state index in [1.54, 1.807) is 0 Å². The Morgan fingerprint density at radius 2 is 2.57 bits per heavy atom. The Bertz CT molecular complexity index is 91.7. The van der Waals surface area contributed by atoms with E-state index < -0.39 is 6.10 Å². The van der Waals surface area contributed by atoms with Crippen molar-refractivity contribution in [2.24, 2.45) is 0 Å². The standard InChI is InChI=1S/C4H6O2S/c5-3-1-2-7-4(3)6/h3,5H,1-2H2. The van der Waals surface area contributed by atoms with Crippen LogP contribution in [0.3, 0.4) is 0 Å². The van der Waals surface area contributed by atoms with Gasteiger partial charge in [0.05, 0.1) is 0 Å². The Labute approximate surface area is 45.9 Å². The molecule has 0 saturated carbocycles. The molecule has 1 fully saturated rings. The fourth-order valence-corrected chi connectivity index (χ4v) is 1.34. The summed E-state index contributed by atoms with van der Waals surface area (Å²) in [5.74, 6) is 0.792. The molecule has 1 aliphatic rings. The van der Waals surface area contributed by atoms with Crippen molar-refractivity contribution in [1.82, 2.24) is 0 Å². The lowest BCUT2D eigenvalue weighted by Gasteiger charge is -1.89. The van der Waals surface area contributed by atoms with Gasteiger partial charge in [-0.05, 0) is 6.42 Å². The van der Waals surface area contributed by atoms with Crippen molar-refractivity contribution in [3.63, 3.8) is 0 Å². The number of hydrogen-bond donors (Lipinski definition) is 1. The second-order valence-electron chi connectivity index (χ2n) is 1.47. The largest absolute Gasteiger partial charge is 0.384 e. The van der Waals surface area contributed by atoms with Gasteiger partial charge in [-0.25, -0.2) is 0 Å². The monoisotopic (exact) mass is 118 g/mol. The van der Waals surface area contributed by atoms with Crippen LogP contribution >= 0.6 is 11.8 Å². The predicted octanol–water partition coefficient (Wildman–Crippen LogP) is 0.0108. The molecule has 7 heavy (non-hydrogen) atoms. The summed E-state index contributed by atoms with van der Waals surface area (Å²) in [4.78, 5) is 10.3. The van der Waals surface area contributed by atoms with E-state index in [1.807, 2.05) is 0 Å².